The summed E-state index contributed by atoms with van der Waals surface area (Å²) in [5.41, 5.74) is -3.44. The number of hydrogen-bond donors (Lipinski definition) is 3. The number of fused-ring (bicyclic) bond motifs is 5. The first-order valence-electron chi connectivity index (χ1n) is 20.0. The van der Waals surface area contributed by atoms with E-state index in [0.29, 0.717) is 49.5 Å². The van der Waals surface area contributed by atoms with Gasteiger partial charge < -0.3 is 25.0 Å². The van der Waals surface area contributed by atoms with E-state index in [1.807, 2.05) is 33.8 Å². The largest absolute Gasteiger partial charge is 0.483 e. The second kappa shape index (κ2) is 14.7. The Hall–Kier alpha value is -4.41. The van der Waals surface area contributed by atoms with Crippen molar-refractivity contribution in [1.29, 1.82) is 0 Å². The van der Waals surface area contributed by atoms with Crippen LogP contribution in [0.2, 0.25) is 0 Å². The molecular formula is C41H52F3N5O8S. The maximum atomic E-state index is 14.7. The van der Waals surface area contributed by atoms with Crippen molar-refractivity contribution >= 4 is 44.7 Å². The molecule has 316 valence electrons. The smallest absolute Gasteiger partial charge is 0.437 e. The number of rotatable bonds is 5. The van der Waals surface area contributed by atoms with E-state index in [9.17, 15) is 40.8 Å². The number of alkyl halides is 3. The van der Waals surface area contributed by atoms with Crippen molar-refractivity contribution in [3.05, 3.63) is 47.2 Å². The van der Waals surface area contributed by atoms with Crippen molar-refractivity contribution in [2.24, 2.45) is 11.3 Å². The van der Waals surface area contributed by atoms with Crippen molar-refractivity contribution in [1.82, 2.24) is 25.2 Å². The number of pyridine rings is 1. The number of ether oxygens (including phenoxy) is 2. The molecular weight excluding hydrogens is 780 g/mol. The van der Waals surface area contributed by atoms with Crippen LogP contribution in [0.1, 0.15) is 109 Å². The van der Waals surface area contributed by atoms with Gasteiger partial charge in [-0.2, -0.15) is 13.2 Å². The van der Waals surface area contributed by atoms with Crippen LogP contribution in [0.25, 0.3) is 10.9 Å². The number of halogens is 3. The molecule has 5 unspecified atom stereocenters. The topological polar surface area (TPSA) is 173 Å². The summed E-state index contributed by atoms with van der Waals surface area (Å²) in [6, 6.07) is 2.43. The molecule has 2 saturated carbocycles. The Morgan fingerprint density at radius 2 is 1.83 bits per heavy atom. The zero-order valence-electron chi connectivity index (χ0n) is 33.5. The zero-order valence-corrected chi connectivity index (χ0v) is 34.3. The first-order chi connectivity index (χ1) is 27.1. The summed E-state index contributed by atoms with van der Waals surface area (Å²) >= 11 is 0. The number of alkyl carbamates (subject to hydrolysis) is 1. The van der Waals surface area contributed by atoms with Gasteiger partial charge >= 0.3 is 12.3 Å². The lowest BCUT2D eigenvalue weighted by Gasteiger charge is -2.37. The average Bonchev–Trinajstić information content (AvgIpc) is 4.03. The summed E-state index contributed by atoms with van der Waals surface area (Å²) < 4.78 is 83.5. The highest BCUT2D eigenvalue weighted by atomic mass is 32.2. The molecule has 3 aliphatic heterocycles. The lowest BCUT2D eigenvalue weighted by Crippen LogP contribution is -2.58. The average molecular weight is 832 g/mol. The van der Waals surface area contributed by atoms with Crippen LogP contribution in [0.4, 0.5) is 18.0 Å². The normalized spacial score (nSPS) is 28.6. The molecule has 5 aliphatic rings. The van der Waals surface area contributed by atoms with Crippen molar-refractivity contribution in [2.75, 3.05) is 13.2 Å². The highest BCUT2D eigenvalue weighted by molar-refractivity contribution is 7.91. The van der Waals surface area contributed by atoms with Crippen LogP contribution in [0.5, 0.6) is 5.75 Å². The third kappa shape index (κ3) is 8.24. The number of sulfonamides is 1. The second-order valence-corrected chi connectivity index (χ2v) is 20.5. The van der Waals surface area contributed by atoms with Crippen LogP contribution in [0, 0.1) is 18.3 Å². The molecule has 1 saturated heterocycles. The van der Waals surface area contributed by atoms with Crippen molar-refractivity contribution in [2.45, 2.75) is 139 Å². The first kappa shape index (κ1) is 41.7. The predicted octanol–water partition coefficient (Wildman–Crippen LogP) is 5.76. The molecule has 1 spiro atoms. The van der Waals surface area contributed by atoms with Gasteiger partial charge in [0.05, 0.1) is 23.4 Å². The van der Waals surface area contributed by atoms with Crippen LogP contribution in [0.15, 0.2) is 30.4 Å². The summed E-state index contributed by atoms with van der Waals surface area (Å²) in [4.78, 5) is 61.6. The number of carbonyl (C=O) groups excluding carboxylic acids is 4. The van der Waals surface area contributed by atoms with Crippen LogP contribution in [0.3, 0.4) is 0 Å². The lowest BCUT2D eigenvalue weighted by atomic mass is 9.86. The Kier molecular flexibility index (Phi) is 10.6. The number of aromatic nitrogens is 1. The van der Waals surface area contributed by atoms with Crippen LogP contribution in [-0.4, -0.2) is 83.2 Å². The van der Waals surface area contributed by atoms with E-state index < -0.39 is 85.3 Å². The van der Waals surface area contributed by atoms with E-state index in [1.165, 1.54) is 17.9 Å². The minimum Gasteiger partial charge on any atom is -0.483 e. The van der Waals surface area contributed by atoms with E-state index in [-0.39, 0.29) is 56.2 Å². The summed E-state index contributed by atoms with van der Waals surface area (Å²) in [7, 11) is -4.08. The standard InChI is InChI=1S/C41H52F3N5O8S/c1-24-13-14-28-27(19-24)26-15-16-39(57-31(26)32(45-28)41(42,43)44)21-30-33(50)47-40(35(52)48-58(54,55)38(5)17-18-38)20-25(40)11-9-7-6-8-10-12-29(34(51)49(30)22-39)46-36(53)56-23-37(2,3)4/h9,11,13-14,19,25,29-30H,6-8,10,12,15-18,20-23H2,1-5H3,(H,46,53)(H,47,50)(H,48,52). The Morgan fingerprint density at radius 1 is 1.09 bits per heavy atom. The van der Waals surface area contributed by atoms with E-state index in [2.05, 4.69) is 20.3 Å². The number of benzene rings is 1. The highest BCUT2D eigenvalue weighted by Crippen LogP contribution is 2.50. The minimum atomic E-state index is -4.90. The second-order valence-electron chi connectivity index (χ2n) is 18.3. The molecule has 2 aromatic rings. The maximum absolute atomic E-state index is 14.7. The Morgan fingerprint density at radius 3 is 2.52 bits per heavy atom. The number of hydrogen-bond acceptors (Lipinski definition) is 9. The number of nitrogens with zero attached hydrogens (tertiary/aromatic N) is 2. The number of allylic oxidation sites excluding steroid dienone is 1. The third-order valence-electron chi connectivity index (χ3n) is 12.2. The van der Waals surface area contributed by atoms with Crippen molar-refractivity contribution in [3.8, 4) is 5.75 Å². The van der Waals surface area contributed by atoms with Gasteiger partial charge in [-0.15, -0.1) is 0 Å². The fourth-order valence-electron chi connectivity index (χ4n) is 8.30. The Labute approximate surface area is 336 Å². The Bertz CT molecular complexity index is 2170. The van der Waals surface area contributed by atoms with Gasteiger partial charge in [-0.05, 0) is 82.8 Å². The van der Waals surface area contributed by atoms with Crippen LogP contribution < -0.4 is 20.1 Å². The van der Waals surface area contributed by atoms with Gasteiger partial charge in [-0.3, -0.25) is 19.1 Å². The zero-order chi connectivity index (χ0) is 42.1. The van der Waals surface area contributed by atoms with Crippen LogP contribution in [-0.2, 0) is 41.7 Å². The number of nitrogens with one attached hydrogen (secondary N) is 3. The molecule has 1 aromatic carbocycles. The molecule has 3 fully saturated rings. The van der Waals surface area contributed by atoms with Gasteiger partial charge in [0.1, 0.15) is 23.2 Å². The molecule has 13 nitrogen and oxygen atoms in total. The molecule has 4 amide bonds. The van der Waals surface area contributed by atoms with Crippen molar-refractivity contribution in [3.63, 3.8) is 0 Å². The van der Waals surface area contributed by atoms with Crippen LogP contribution >= 0.6 is 0 Å². The van der Waals surface area contributed by atoms with Gasteiger partial charge in [0.2, 0.25) is 21.8 Å². The summed E-state index contributed by atoms with van der Waals surface area (Å²) in [5.74, 6) is -3.37. The van der Waals surface area contributed by atoms with Gasteiger partial charge in [0, 0.05) is 23.3 Å². The summed E-state index contributed by atoms with van der Waals surface area (Å²) in [5, 5.41) is 5.99. The molecule has 5 atom stereocenters. The summed E-state index contributed by atoms with van der Waals surface area (Å²) in [6.07, 6.45) is 1.51. The molecule has 3 N–H and O–H groups in total. The van der Waals surface area contributed by atoms with Gasteiger partial charge in [-0.25, -0.2) is 18.2 Å². The molecule has 2 aliphatic carbocycles. The minimum absolute atomic E-state index is 0.0567. The Balaban J connectivity index is 1.26. The van der Waals surface area contributed by atoms with Gasteiger partial charge in [0.25, 0.3) is 5.91 Å². The van der Waals surface area contributed by atoms with E-state index in [0.717, 1.165) is 5.56 Å². The van der Waals surface area contributed by atoms with Gasteiger partial charge in [0.15, 0.2) is 11.4 Å². The van der Waals surface area contributed by atoms with Crippen molar-refractivity contribution < 1.29 is 50.2 Å². The monoisotopic (exact) mass is 831 g/mol. The van der Waals surface area contributed by atoms with Gasteiger partial charge in [-0.1, -0.05) is 57.4 Å². The summed E-state index contributed by atoms with van der Waals surface area (Å²) in [6.45, 7) is 8.74. The maximum Gasteiger partial charge on any atom is 0.437 e. The van der Waals surface area contributed by atoms with E-state index in [1.54, 1.807) is 18.2 Å². The molecule has 0 bridgehead atoms. The molecule has 58 heavy (non-hydrogen) atoms. The molecule has 1 aromatic heterocycles. The third-order valence-corrected chi connectivity index (χ3v) is 14.3. The van der Waals surface area contributed by atoms with E-state index in [4.69, 9.17) is 9.47 Å². The number of carbonyl (C=O) groups is 4. The highest BCUT2D eigenvalue weighted by Gasteiger charge is 2.64. The first-order valence-corrected chi connectivity index (χ1v) is 21.5. The predicted molar refractivity (Wildman–Crippen MR) is 207 cm³/mol. The molecule has 0 radical (unpaired) electrons. The number of amides is 4. The molecule has 4 heterocycles. The fourth-order valence-corrected chi connectivity index (χ4v) is 9.61. The molecule has 7 rings (SSSR count). The quantitative estimate of drug-likeness (QED) is 0.317. The molecule has 17 heteroatoms. The number of aryl methyl sites for hydroxylation is 2. The fraction of sp³-hybridized carbons (Fsp3) is 0.634. The lowest BCUT2D eigenvalue weighted by molar-refractivity contribution is -0.144. The van der Waals surface area contributed by atoms with E-state index >= 15 is 0 Å². The SMILES string of the molecule is Cc1ccc2nc(C(F)(F)F)c3c(c2c1)CCC1(CC2C(=O)NC4(C(=O)NS(=O)(=O)C5(C)CC5)CC4C=CCCCCCC(NC(=O)OCC(C)(C)C)C(=O)N2C1)O3.